The van der Waals surface area contributed by atoms with Crippen LogP contribution in [0.5, 0.6) is 5.88 Å². The van der Waals surface area contributed by atoms with E-state index >= 15 is 0 Å². The van der Waals surface area contributed by atoms with Crippen molar-refractivity contribution in [1.82, 2.24) is 25.6 Å². The summed E-state index contributed by atoms with van der Waals surface area (Å²) in [6.45, 7) is 3.14. The van der Waals surface area contributed by atoms with Crippen LogP contribution in [0.25, 0.3) is 0 Å². The summed E-state index contributed by atoms with van der Waals surface area (Å²) in [6, 6.07) is 7.12. The van der Waals surface area contributed by atoms with E-state index in [-0.39, 0.29) is 129 Å². The zero-order valence-corrected chi connectivity index (χ0v) is 42.0. The molecule has 6 heterocycles. The van der Waals surface area contributed by atoms with Crippen molar-refractivity contribution in [3.05, 3.63) is 59.5 Å². The molecule has 0 bridgehead atoms. The monoisotopic (exact) mass is 1040 g/mol. The average Bonchev–Trinajstić information content (AvgIpc) is 3.88. The molecule has 0 radical (unpaired) electrons. The molecule has 2 saturated heterocycles. The van der Waals surface area contributed by atoms with Crippen LogP contribution in [0.2, 0.25) is 0 Å². The van der Waals surface area contributed by atoms with Crippen molar-refractivity contribution in [2.24, 2.45) is 5.10 Å². The number of nitrogens with zero attached hydrogens (tertiary/aromatic N) is 7. The summed E-state index contributed by atoms with van der Waals surface area (Å²) in [5.41, 5.74) is -1.95. The van der Waals surface area contributed by atoms with Crippen molar-refractivity contribution < 1.29 is 194 Å². The first-order valence-electron chi connectivity index (χ1n) is 17.8. The Bertz CT molecular complexity index is 2120. The summed E-state index contributed by atoms with van der Waals surface area (Å²) in [4.78, 5) is 32.7. The van der Waals surface area contributed by atoms with Gasteiger partial charge in [-0.05, 0) is 37.1 Å². The molecule has 2 N–H and O–H groups in total. The summed E-state index contributed by atoms with van der Waals surface area (Å²) in [7, 11) is -3.49. The van der Waals surface area contributed by atoms with E-state index in [0.717, 1.165) is 36.8 Å². The summed E-state index contributed by atoms with van der Waals surface area (Å²) >= 11 is 0. The number of nitrogens with one attached hydrogen (secondary N) is 2. The molecule has 66 heavy (non-hydrogen) atoms. The largest absolute Gasteiger partial charge is 1.00 e. The van der Waals surface area contributed by atoms with Crippen molar-refractivity contribution >= 4 is 39.8 Å². The molecule has 0 aromatic carbocycles. The van der Waals surface area contributed by atoms with Gasteiger partial charge in [0.1, 0.15) is 23.4 Å². The SMILES string of the molecule is CC#N.CS(=O)(=O)OC1CCN(c2ccc(C(F)(F)F)cn2)CC1.FC(F)(F)c1ccc(N2CCC(Oc3cc(C(F)(F)F)[nH]n3)CC2)nc1.O=C1CC(C(F)(F)F)=NN1.O=CO[O-].[H-].[K+].[K+]. The second-order valence-corrected chi connectivity index (χ2v) is 14.5. The molecule has 3 aromatic heterocycles. The van der Waals surface area contributed by atoms with Gasteiger partial charge in [0, 0.05) is 64.4 Å². The van der Waals surface area contributed by atoms with Gasteiger partial charge in [0.2, 0.25) is 11.8 Å². The molecule has 0 unspecified atom stereocenters. The molecule has 0 aliphatic carbocycles. The summed E-state index contributed by atoms with van der Waals surface area (Å²) < 4.78 is 180. The van der Waals surface area contributed by atoms with Gasteiger partial charge in [-0.25, -0.2) is 15.4 Å². The number of aromatic nitrogens is 4. The van der Waals surface area contributed by atoms with Gasteiger partial charge >= 0.3 is 127 Å². The van der Waals surface area contributed by atoms with Crippen LogP contribution >= 0.6 is 0 Å². The zero-order chi connectivity index (χ0) is 48.5. The van der Waals surface area contributed by atoms with Crippen molar-refractivity contribution in [1.29, 1.82) is 5.26 Å². The number of rotatable bonds is 7. The van der Waals surface area contributed by atoms with Gasteiger partial charge in [-0.15, -0.1) is 5.10 Å². The van der Waals surface area contributed by atoms with Gasteiger partial charge in [-0.2, -0.15) is 71.5 Å². The molecule has 3 aliphatic heterocycles. The topological polar surface area (TPSA) is 228 Å². The Kier molecular flexibility index (Phi) is 27.6. The number of pyridine rings is 2. The van der Waals surface area contributed by atoms with Crippen LogP contribution in [0, 0.1) is 11.3 Å². The van der Waals surface area contributed by atoms with Crippen LogP contribution < -0.4 is 128 Å². The van der Waals surface area contributed by atoms with Crippen molar-refractivity contribution in [2.75, 3.05) is 42.2 Å². The van der Waals surface area contributed by atoms with E-state index in [0.29, 0.717) is 63.5 Å². The van der Waals surface area contributed by atoms with Crippen molar-refractivity contribution in [3.63, 3.8) is 0 Å². The maximum Gasteiger partial charge on any atom is 1.00 e. The fraction of sp³-hybridized carbons (Fsp3) is 0.500. The standard InChI is InChI=1S/C15H14F6N4O.C12H15F3N2O3S.C4H3F3N2O.C2H3N.CH2O3.2K.H/c16-14(17,18)9-1-2-12(22-8-9)25-5-3-10(4-6-25)26-13-7-11(23-24-13)15(19,20)21;1-21(18,19)20-10-4-6-17(7-5-10)11-3-2-9(8-16-11)12(13,14)15;5-4(6,7)2-1-3(10)9-8-2;1-2-3;2-1-4-3;;;/h1-2,7-8,10H,3-6H2,(H,23,24);2-3,8,10H,4-7H2,1H3;1H2,(H,9,10);1H3;1,3H;;;/q;;;;;2*+1;-1/p-1. The van der Waals surface area contributed by atoms with Gasteiger partial charge in [-0.3, -0.25) is 18.9 Å². The smallest absolute Gasteiger partial charge is 1.00 e. The van der Waals surface area contributed by atoms with Crippen LogP contribution in [0.15, 0.2) is 47.8 Å². The van der Waals surface area contributed by atoms with E-state index in [2.05, 4.69) is 25.1 Å². The van der Waals surface area contributed by atoms with Gasteiger partial charge in [-0.1, -0.05) is 0 Å². The second kappa shape index (κ2) is 28.7. The molecule has 6 rings (SSSR count). The van der Waals surface area contributed by atoms with Gasteiger partial charge in [0.05, 0.1) is 36.0 Å². The minimum atomic E-state index is -4.52. The first kappa shape index (κ1) is 63.3. The number of carbonyl (C=O) groups is 2. The summed E-state index contributed by atoms with van der Waals surface area (Å²) in [6.07, 6.45) is -14.7. The molecule has 0 atom stereocenters. The van der Waals surface area contributed by atoms with Crippen LogP contribution in [0.1, 0.15) is 57.3 Å². The number of halogens is 12. The Morgan fingerprint density at radius 3 is 1.50 bits per heavy atom. The minimum absolute atomic E-state index is 0. The minimum Gasteiger partial charge on any atom is -1.00 e. The van der Waals surface area contributed by atoms with Crippen LogP contribution in [-0.2, 0) is 47.3 Å². The molecule has 17 nitrogen and oxygen atoms in total. The number of piperidine rings is 2. The number of nitriles is 1. The number of hydrogen-bond donors (Lipinski definition) is 2. The van der Waals surface area contributed by atoms with E-state index in [1.54, 1.807) is 16.4 Å². The number of ether oxygens (including phenoxy) is 1. The number of hydrazone groups is 1. The first-order valence-corrected chi connectivity index (χ1v) is 19.6. The Hall–Kier alpha value is -2.69. The molecule has 3 aliphatic rings. The Labute approximate surface area is 454 Å². The molecule has 0 saturated carbocycles. The molecule has 358 valence electrons. The maximum atomic E-state index is 12.5. The average molecular weight is 1040 g/mol. The molecule has 1 amide bonds. The Balaban J connectivity index is 0. The van der Waals surface area contributed by atoms with Crippen LogP contribution in [-0.4, -0.2) is 97.5 Å². The number of amides is 1. The van der Waals surface area contributed by atoms with Crippen LogP contribution in [0.4, 0.5) is 64.3 Å². The van der Waals surface area contributed by atoms with E-state index in [4.69, 9.17) is 24.2 Å². The third-order valence-corrected chi connectivity index (χ3v) is 8.77. The molecule has 32 heteroatoms. The second-order valence-electron chi connectivity index (χ2n) is 12.9. The van der Waals surface area contributed by atoms with E-state index < -0.39 is 69.7 Å². The zero-order valence-electron chi connectivity index (χ0n) is 36.0. The quantitative estimate of drug-likeness (QED) is 0.0757. The summed E-state index contributed by atoms with van der Waals surface area (Å²) in [5, 5.41) is 23.9. The number of H-pyrrole nitrogens is 1. The molecule has 2 fully saturated rings. The van der Waals surface area contributed by atoms with Gasteiger partial charge < -0.3 is 26.1 Å². The number of anilines is 2. The number of alkyl halides is 12. The predicted molar refractivity (Wildman–Crippen MR) is 195 cm³/mol. The van der Waals surface area contributed by atoms with Crippen molar-refractivity contribution in [3.8, 4) is 11.9 Å². The van der Waals surface area contributed by atoms with Gasteiger partial charge in [0.15, 0.2) is 5.71 Å². The number of carbonyl (C=O) groups excluding carboxylic acids is 2. The first-order chi connectivity index (χ1) is 29.6. The third-order valence-electron chi connectivity index (χ3n) is 8.15. The molecular weight excluding hydrogens is 1000 g/mol. The molecular formula is C34H37F12K2N9O8S. The van der Waals surface area contributed by atoms with E-state index in [1.807, 2.05) is 10.00 Å². The van der Waals surface area contributed by atoms with Crippen molar-refractivity contribution in [2.45, 2.75) is 75.9 Å². The number of aromatic amines is 1. The van der Waals surface area contributed by atoms with Gasteiger partial charge in [0.25, 0.3) is 16.6 Å². The Morgan fingerprint density at radius 2 is 1.23 bits per heavy atom. The summed E-state index contributed by atoms with van der Waals surface area (Å²) in [5.74, 6) is 0.00661. The third kappa shape index (κ3) is 23.6. The number of hydrogen-bond acceptors (Lipinski definition) is 15. The normalized spacial score (nSPS) is 15.6. The Morgan fingerprint density at radius 1 is 0.803 bits per heavy atom. The van der Waals surface area contributed by atoms with E-state index in [1.165, 1.54) is 19.1 Å². The molecule has 0 spiro atoms. The van der Waals surface area contributed by atoms with Crippen LogP contribution in [0.3, 0.4) is 0 Å². The fourth-order valence-corrected chi connectivity index (χ4v) is 6.00. The fourth-order valence-electron chi connectivity index (χ4n) is 5.32. The predicted octanol–water partition coefficient (Wildman–Crippen LogP) is -0.555. The van der Waals surface area contributed by atoms with E-state index in [9.17, 15) is 65.9 Å². The molecule has 3 aromatic rings. The maximum absolute atomic E-state index is 12.5.